The zero-order valence-electron chi connectivity index (χ0n) is 11.7. The molecule has 2 aromatic rings. The van der Waals surface area contributed by atoms with Crippen LogP contribution >= 0.6 is 0 Å². The molecule has 1 N–H and O–H groups in total. The van der Waals surface area contributed by atoms with E-state index < -0.39 is 17.6 Å². The van der Waals surface area contributed by atoms with E-state index in [2.05, 4.69) is 11.2 Å². The number of aryl methyl sites for hydroxylation is 1. The van der Waals surface area contributed by atoms with Crippen molar-refractivity contribution in [1.82, 2.24) is 0 Å². The van der Waals surface area contributed by atoms with Crippen LogP contribution in [0.4, 0.5) is 18.9 Å². The summed E-state index contributed by atoms with van der Waals surface area (Å²) in [5.74, 6) is 1.85. The topological polar surface area (TPSA) is 29.1 Å². The first-order valence-electron chi connectivity index (χ1n) is 6.37. The van der Waals surface area contributed by atoms with Crippen LogP contribution in [0.2, 0.25) is 0 Å². The Labute approximate surface area is 126 Å². The van der Waals surface area contributed by atoms with Gasteiger partial charge in [-0.25, -0.2) is 0 Å². The normalized spacial score (nSPS) is 10.9. The number of hydrogen-bond donors (Lipinski definition) is 1. The first-order chi connectivity index (χ1) is 10.3. The van der Waals surface area contributed by atoms with Gasteiger partial charge in [0.25, 0.3) is 5.91 Å². The summed E-state index contributed by atoms with van der Waals surface area (Å²) in [5.41, 5.74) is 0.980. The Balaban J connectivity index is 2.25. The van der Waals surface area contributed by atoms with E-state index >= 15 is 0 Å². The fourth-order valence-corrected chi connectivity index (χ4v) is 1.90. The van der Waals surface area contributed by atoms with Gasteiger partial charge < -0.3 is 5.32 Å². The van der Waals surface area contributed by atoms with Gasteiger partial charge in [-0.3, -0.25) is 4.79 Å². The summed E-state index contributed by atoms with van der Waals surface area (Å²) in [5, 5.41) is 2.54. The third-order valence-corrected chi connectivity index (χ3v) is 3.10. The predicted octanol–water partition coefficient (Wildman–Crippen LogP) is 4.25. The number of rotatable bonds is 2. The Morgan fingerprint density at radius 3 is 2.55 bits per heavy atom. The van der Waals surface area contributed by atoms with E-state index in [-0.39, 0.29) is 5.56 Å². The molecule has 2 aromatic carbocycles. The number of alkyl halides is 3. The summed E-state index contributed by atoms with van der Waals surface area (Å²) in [4.78, 5) is 12.0. The quantitative estimate of drug-likeness (QED) is 0.826. The highest BCUT2D eigenvalue weighted by atomic mass is 19.4. The molecular formula is C17H12F3NO. The lowest BCUT2D eigenvalue weighted by molar-refractivity contribution is -0.137. The summed E-state index contributed by atoms with van der Waals surface area (Å²) in [6, 6.07) is 9.21. The van der Waals surface area contributed by atoms with E-state index in [0.29, 0.717) is 11.3 Å². The van der Waals surface area contributed by atoms with Crippen molar-refractivity contribution in [3.8, 4) is 12.3 Å². The molecule has 0 atom stereocenters. The van der Waals surface area contributed by atoms with Gasteiger partial charge in [-0.05, 0) is 42.8 Å². The minimum atomic E-state index is -4.49. The number of nitrogens with one attached hydrogen (secondary N) is 1. The fourth-order valence-electron chi connectivity index (χ4n) is 1.90. The second-order valence-corrected chi connectivity index (χ2v) is 4.71. The predicted molar refractivity (Wildman–Crippen MR) is 78.5 cm³/mol. The van der Waals surface area contributed by atoms with Crippen LogP contribution < -0.4 is 5.32 Å². The molecule has 2 rings (SSSR count). The molecule has 0 saturated heterocycles. The van der Waals surface area contributed by atoms with E-state index in [4.69, 9.17) is 6.42 Å². The van der Waals surface area contributed by atoms with Gasteiger partial charge in [-0.2, -0.15) is 13.2 Å². The van der Waals surface area contributed by atoms with Crippen molar-refractivity contribution in [3.63, 3.8) is 0 Å². The van der Waals surface area contributed by atoms with Crippen LogP contribution in [0, 0.1) is 19.3 Å². The van der Waals surface area contributed by atoms with Gasteiger partial charge in [0.15, 0.2) is 0 Å². The van der Waals surface area contributed by atoms with Gasteiger partial charge in [0, 0.05) is 16.8 Å². The molecule has 0 aliphatic rings. The summed E-state index contributed by atoms with van der Waals surface area (Å²) in [6.45, 7) is 1.83. The summed E-state index contributed by atoms with van der Waals surface area (Å²) < 4.78 is 37.9. The molecule has 0 radical (unpaired) electrons. The number of halogens is 3. The lowest BCUT2D eigenvalue weighted by Crippen LogP contribution is -2.14. The average Bonchev–Trinajstić information content (AvgIpc) is 2.48. The van der Waals surface area contributed by atoms with Crippen LogP contribution in [0.3, 0.4) is 0 Å². The van der Waals surface area contributed by atoms with E-state index in [1.165, 1.54) is 12.1 Å². The molecule has 5 heteroatoms. The molecule has 112 valence electrons. The van der Waals surface area contributed by atoms with E-state index in [9.17, 15) is 18.0 Å². The molecule has 0 unspecified atom stereocenters. The molecule has 0 aliphatic carbocycles. The van der Waals surface area contributed by atoms with Crippen molar-refractivity contribution < 1.29 is 18.0 Å². The van der Waals surface area contributed by atoms with Crippen LogP contribution in [-0.4, -0.2) is 5.91 Å². The summed E-state index contributed by atoms with van der Waals surface area (Å²) >= 11 is 0. The van der Waals surface area contributed by atoms with Gasteiger partial charge in [0.05, 0.1) is 5.56 Å². The Bertz CT molecular complexity index is 757. The highest BCUT2D eigenvalue weighted by Crippen LogP contribution is 2.29. The van der Waals surface area contributed by atoms with E-state index in [1.54, 1.807) is 18.2 Å². The van der Waals surface area contributed by atoms with Crippen LogP contribution in [0.25, 0.3) is 0 Å². The molecule has 22 heavy (non-hydrogen) atoms. The zero-order chi connectivity index (χ0) is 16.3. The van der Waals surface area contributed by atoms with Crippen molar-refractivity contribution >= 4 is 11.6 Å². The molecule has 2 nitrogen and oxygen atoms in total. The second kappa shape index (κ2) is 5.94. The molecule has 0 spiro atoms. The standard InChI is InChI=1S/C17H12F3NO/c1-3-12-10-15(8-7-11(12)2)21-16(22)13-5-4-6-14(9-13)17(18,19)20/h1,4-10H,2H3,(H,21,22). The van der Waals surface area contributed by atoms with Gasteiger partial charge in [0.1, 0.15) is 0 Å². The maximum Gasteiger partial charge on any atom is 0.416 e. The largest absolute Gasteiger partial charge is 0.416 e. The zero-order valence-corrected chi connectivity index (χ0v) is 11.7. The minimum absolute atomic E-state index is 0.0716. The van der Waals surface area contributed by atoms with Crippen molar-refractivity contribution in [1.29, 1.82) is 0 Å². The molecule has 0 fully saturated rings. The maximum atomic E-state index is 12.6. The lowest BCUT2D eigenvalue weighted by Gasteiger charge is -2.10. The highest BCUT2D eigenvalue weighted by molar-refractivity contribution is 6.04. The molecule has 0 aliphatic heterocycles. The number of benzene rings is 2. The number of amides is 1. The van der Waals surface area contributed by atoms with Crippen LogP contribution in [0.5, 0.6) is 0 Å². The number of anilines is 1. The van der Waals surface area contributed by atoms with Crippen molar-refractivity contribution in [3.05, 3.63) is 64.7 Å². The molecular weight excluding hydrogens is 291 g/mol. The molecule has 0 aromatic heterocycles. The average molecular weight is 303 g/mol. The Morgan fingerprint density at radius 2 is 1.91 bits per heavy atom. The Hall–Kier alpha value is -2.74. The molecule has 0 heterocycles. The van der Waals surface area contributed by atoms with Crippen LogP contribution in [0.1, 0.15) is 27.0 Å². The number of hydrogen-bond acceptors (Lipinski definition) is 1. The lowest BCUT2D eigenvalue weighted by atomic mass is 10.1. The van der Waals surface area contributed by atoms with Gasteiger partial charge in [-0.15, -0.1) is 6.42 Å². The molecule has 0 saturated carbocycles. The minimum Gasteiger partial charge on any atom is -0.322 e. The van der Waals surface area contributed by atoms with Crippen LogP contribution in [-0.2, 0) is 6.18 Å². The second-order valence-electron chi connectivity index (χ2n) is 4.71. The number of carbonyl (C=O) groups is 1. The van der Waals surface area contributed by atoms with E-state index in [1.807, 2.05) is 6.92 Å². The van der Waals surface area contributed by atoms with Crippen LogP contribution in [0.15, 0.2) is 42.5 Å². The van der Waals surface area contributed by atoms with E-state index in [0.717, 1.165) is 17.7 Å². The Kier molecular flexibility index (Phi) is 4.22. The first-order valence-corrected chi connectivity index (χ1v) is 6.37. The summed E-state index contributed by atoms with van der Waals surface area (Å²) in [7, 11) is 0. The maximum absolute atomic E-state index is 12.6. The molecule has 1 amide bonds. The smallest absolute Gasteiger partial charge is 0.322 e. The monoisotopic (exact) mass is 303 g/mol. The van der Waals surface area contributed by atoms with Crippen molar-refractivity contribution in [2.45, 2.75) is 13.1 Å². The third kappa shape index (κ3) is 3.47. The van der Waals surface area contributed by atoms with Crippen molar-refractivity contribution in [2.24, 2.45) is 0 Å². The third-order valence-electron chi connectivity index (χ3n) is 3.10. The molecule has 0 bridgehead atoms. The van der Waals surface area contributed by atoms with Crippen molar-refractivity contribution in [2.75, 3.05) is 5.32 Å². The fraction of sp³-hybridized carbons (Fsp3) is 0.118. The van der Waals surface area contributed by atoms with Gasteiger partial charge in [0.2, 0.25) is 0 Å². The highest BCUT2D eigenvalue weighted by Gasteiger charge is 2.30. The van der Waals surface area contributed by atoms with Gasteiger partial charge >= 0.3 is 6.18 Å². The number of carbonyl (C=O) groups excluding carboxylic acids is 1. The van der Waals surface area contributed by atoms with Gasteiger partial charge in [-0.1, -0.05) is 18.1 Å². The number of terminal acetylenes is 1. The Morgan fingerprint density at radius 1 is 1.18 bits per heavy atom. The SMILES string of the molecule is C#Cc1cc(NC(=O)c2cccc(C(F)(F)F)c2)ccc1C. The summed E-state index contributed by atoms with van der Waals surface area (Å²) in [6.07, 6.45) is 0.852. The first kappa shape index (κ1) is 15.6.